The van der Waals surface area contributed by atoms with E-state index in [0.29, 0.717) is 21.4 Å². The van der Waals surface area contributed by atoms with Crippen LogP contribution in [0.25, 0.3) is 11.4 Å². The molecule has 6 nitrogen and oxygen atoms in total. The molecule has 0 radical (unpaired) electrons. The number of nitrogens with zero attached hydrogens (tertiary/aromatic N) is 4. The maximum absolute atomic E-state index is 5.54. The van der Waals surface area contributed by atoms with Crippen LogP contribution in [0.2, 0.25) is 0 Å². The molecule has 0 aliphatic rings. The quantitative estimate of drug-likeness (QED) is 0.157. The molecule has 0 spiro atoms. The van der Waals surface area contributed by atoms with E-state index in [1.165, 1.54) is 11.1 Å². The largest absolute Gasteiger partial charge is 0.272 e. The summed E-state index contributed by atoms with van der Waals surface area (Å²) in [6.07, 6.45) is 5.85. The molecule has 2 atom stereocenters. The lowest BCUT2D eigenvalue weighted by atomic mass is 9.98. The summed E-state index contributed by atoms with van der Waals surface area (Å²) in [5.74, 6) is 3.01. The Balaban J connectivity index is 1.41. The number of aromatic amines is 2. The lowest BCUT2D eigenvalue weighted by Gasteiger charge is -2.12. The maximum Gasteiger partial charge on any atom is 0.199 e. The van der Waals surface area contributed by atoms with Gasteiger partial charge in [0.2, 0.25) is 0 Å². The average Bonchev–Trinajstić information content (AvgIpc) is 3.47. The van der Waals surface area contributed by atoms with E-state index in [1.54, 1.807) is 0 Å². The van der Waals surface area contributed by atoms with Gasteiger partial charge in [-0.2, -0.15) is 10.2 Å². The van der Waals surface area contributed by atoms with Crippen molar-refractivity contribution in [2.45, 2.75) is 78.1 Å². The standard InChI is InChI=1S/C28H36N6S2/c1-5-19(3)21-11-15-23(16-12-21)33-25(29-31-27(33)35)9-7-8-10-26-30-32-28(36)34(26)24-17-13-22(14-18-24)20(4)6-2/h11-20H,5-10H2,1-4H3,(H,31,35)(H,32,36)/t19-,20-/m1/s1. The molecule has 0 saturated heterocycles. The molecule has 0 aliphatic carbocycles. The topological polar surface area (TPSA) is 67.2 Å². The normalized spacial score (nSPS) is 13.1. The molecule has 0 unspecified atom stereocenters. The molecule has 8 heteroatoms. The number of unbranched alkanes of at least 4 members (excludes halogenated alkanes) is 1. The lowest BCUT2D eigenvalue weighted by Crippen LogP contribution is -2.05. The van der Waals surface area contributed by atoms with Crippen molar-refractivity contribution in [1.82, 2.24) is 29.5 Å². The van der Waals surface area contributed by atoms with E-state index in [2.05, 4.69) is 96.6 Å². The van der Waals surface area contributed by atoms with Crippen molar-refractivity contribution in [3.05, 3.63) is 80.8 Å². The van der Waals surface area contributed by atoms with Gasteiger partial charge in [0.25, 0.3) is 0 Å². The Morgan fingerprint density at radius 1 is 0.667 bits per heavy atom. The van der Waals surface area contributed by atoms with Gasteiger partial charge < -0.3 is 0 Å². The maximum atomic E-state index is 5.54. The molecule has 0 aliphatic heterocycles. The van der Waals surface area contributed by atoms with Gasteiger partial charge in [-0.15, -0.1) is 0 Å². The van der Waals surface area contributed by atoms with E-state index in [-0.39, 0.29) is 0 Å². The Labute approximate surface area is 223 Å². The molecule has 190 valence electrons. The minimum absolute atomic E-state index is 0.550. The average molecular weight is 521 g/mol. The number of benzene rings is 2. The Kier molecular flexibility index (Phi) is 8.69. The Hall–Kier alpha value is -2.84. The smallest absolute Gasteiger partial charge is 0.199 e. The number of hydrogen-bond donors (Lipinski definition) is 2. The predicted octanol–water partition coefficient (Wildman–Crippen LogP) is 7.77. The minimum atomic E-state index is 0.550. The highest BCUT2D eigenvalue weighted by molar-refractivity contribution is 7.71. The van der Waals surface area contributed by atoms with Crippen LogP contribution in [0.1, 0.15) is 88.0 Å². The molecule has 2 aromatic heterocycles. The van der Waals surface area contributed by atoms with Crippen molar-refractivity contribution >= 4 is 24.4 Å². The highest BCUT2D eigenvalue weighted by Gasteiger charge is 2.12. The van der Waals surface area contributed by atoms with Crippen molar-refractivity contribution in [3.63, 3.8) is 0 Å². The summed E-state index contributed by atoms with van der Waals surface area (Å²) < 4.78 is 5.35. The van der Waals surface area contributed by atoms with Gasteiger partial charge in [-0.3, -0.25) is 19.3 Å². The fourth-order valence-corrected chi connectivity index (χ4v) is 4.98. The van der Waals surface area contributed by atoms with E-state index in [0.717, 1.165) is 61.5 Å². The highest BCUT2D eigenvalue weighted by atomic mass is 32.1. The van der Waals surface area contributed by atoms with Crippen LogP contribution in [-0.4, -0.2) is 29.5 Å². The zero-order valence-corrected chi connectivity index (χ0v) is 23.3. The van der Waals surface area contributed by atoms with Crippen LogP contribution < -0.4 is 0 Å². The molecule has 0 bridgehead atoms. The van der Waals surface area contributed by atoms with E-state index in [4.69, 9.17) is 24.4 Å². The molecular weight excluding hydrogens is 484 g/mol. The number of rotatable bonds is 11. The fourth-order valence-electron chi connectivity index (χ4n) is 4.47. The molecule has 0 saturated carbocycles. The monoisotopic (exact) mass is 520 g/mol. The summed E-state index contributed by atoms with van der Waals surface area (Å²) in [7, 11) is 0. The molecule has 4 aromatic rings. The third kappa shape index (κ3) is 5.76. The third-order valence-electron chi connectivity index (χ3n) is 7.20. The Morgan fingerprint density at radius 3 is 1.36 bits per heavy atom. The number of aromatic nitrogens is 6. The summed E-state index contributed by atoms with van der Waals surface area (Å²) in [6, 6.07) is 17.3. The van der Waals surface area contributed by atoms with Crippen LogP contribution in [0.15, 0.2) is 48.5 Å². The molecule has 2 heterocycles. The first kappa shape index (κ1) is 26.2. The molecule has 2 N–H and O–H groups in total. The van der Waals surface area contributed by atoms with Gasteiger partial charge in [0.15, 0.2) is 9.54 Å². The second kappa shape index (κ2) is 11.9. The first-order chi connectivity index (χ1) is 17.4. The van der Waals surface area contributed by atoms with Crippen molar-refractivity contribution < 1.29 is 0 Å². The van der Waals surface area contributed by atoms with Crippen LogP contribution in [0, 0.1) is 9.54 Å². The van der Waals surface area contributed by atoms with Crippen LogP contribution in [0.5, 0.6) is 0 Å². The summed E-state index contributed by atoms with van der Waals surface area (Å²) in [5, 5.41) is 15.0. The van der Waals surface area contributed by atoms with Crippen LogP contribution >= 0.6 is 24.4 Å². The van der Waals surface area contributed by atoms with E-state index >= 15 is 0 Å². The first-order valence-corrected chi connectivity index (χ1v) is 13.8. The Bertz CT molecular complexity index is 1270. The van der Waals surface area contributed by atoms with Gasteiger partial charge in [-0.05, 0) is 97.3 Å². The molecule has 4 rings (SSSR count). The molecule has 2 aromatic carbocycles. The van der Waals surface area contributed by atoms with Crippen molar-refractivity contribution in [2.24, 2.45) is 0 Å². The summed E-state index contributed by atoms with van der Waals surface area (Å²) >= 11 is 11.1. The van der Waals surface area contributed by atoms with Gasteiger partial charge in [0.1, 0.15) is 11.6 Å². The number of hydrogen-bond acceptors (Lipinski definition) is 4. The molecule has 0 fully saturated rings. The van der Waals surface area contributed by atoms with Gasteiger partial charge >= 0.3 is 0 Å². The van der Waals surface area contributed by atoms with Crippen LogP contribution in [-0.2, 0) is 12.8 Å². The SMILES string of the molecule is CC[C@@H](C)c1ccc(-n2c(CCCCc3n[nH]c(=S)n3-c3ccc([C@H](C)CC)cc3)n[nH]c2=S)cc1. The van der Waals surface area contributed by atoms with Crippen molar-refractivity contribution in [2.75, 3.05) is 0 Å². The Morgan fingerprint density at radius 2 is 1.03 bits per heavy atom. The first-order valence-electron chi connectivity index (χ1n) is 13.0. The van der Waals surface area contributed by atoms with Crippen molar-refractivity contribution in [1.29, 1.82) is 0 Å². The predicted molar refractivity (Wildman–Crippen MR) is 152 cm³/mol. The summed E-state index contributed by atoms with van der Waals surface area (Å²) in [6.45, 7) is 8.94. The zero-order valence-electron chi connectivity index (χ0n) is 21.6. The molecular formula is C28H36N6S2. The van der Waals surface area contributed by atoms with E-state index < -0.39 is 0 Å². The van der Waals surface area contributed by atoms with Crippen molar-refractivity contribution in [3.8, 4) is 11.4 Å². The van der Waals surface area contributed by atoms with Crippen LogP contribution in [0.4, 0.5) is 0 Å². The second-order valence-electron chi connectivity index (χ2n) is 9.57. The second-order valence-corrected chi connectivity index (χ2v) is 10.3. The number of H-pyrrole nitrogens is 2. The molecule has 0 amide bonds. The van der Waals surface area contributed by atoms with E-state index in [1.807, 2.05) is 9.13 Å². The summed E-state index contributed by atoms with van der Waals surface area (Å²) in [5.41, 5.74) is 4.80. The van der Waals surface area contributed by atoms with Gasteiger partial charge in [0, 0.05) is 24.2 Å². The van der Waals surface area contributed by atoms with Gasteiger partial charge in [0.05, 0.1) is 0 Å². The van der Waals surface area contributed by atoms with Gasteiger partial charge in [-0.25, -0.2) is 0 Å². The molecule has 36 heavy (non-hydrogen) atoms. The van der Waals surface area contributed by atoms with Crippen LogP contribution in [0.3, 0.4) is 0 Å². The highest BCUT2D eigenvalue weighted by Crippen LogP contribution is 2.23. The lowest BCUT2D eigenvalue weighted by molar-refractivity contribution is 0.669. The minimum Gasteiger partial charge on any atom is -0.272 e. The number of aryl methyl sites for hydroxylation is 2. The zero-order chi connectivity index (χ0) is 25.7. The van der Waals surface area contributed by atoms with Gasteiger partial charge in [-0.1, -0.05) is 52.0 Å². The number of nitrogens with one attached hydrogen (secondary N) is 2. The third-order valence-corrected chi connectivity index (χ3v) is 7.75. The van der Waals surface area contributed by atoms with E-state index in [9.17, 15) is 0 Å². The fraction of sp³-hybridized carbons (Fsp3) is 0.429. The summed E-state index contributed by atoms with van der Waals surface area (Å²) in [4.78, 5) is 0.